The van der Waals surface area contributed by atoms with Crippen molar-refractivity contribution in [2.75, 3.05) is 5.32 Å². The van der Waals surface area contributed by atoms with Crippen molar-refractivity contribution in [3.05, 3.63) is 73.6 Å². The molecule has 0 saturated heterocycles. The van der Waals surface area contributed by atoms with Crippen LogP contribution in [0.5, 0.6) is 0 Å². The van der Waals surface area contributed by atoms with Crippen molar-refractivity contribution >= 4 is 33.4 Å². The number of H-pyrrole nitrogens is 2. The van der Waals surface area contributed by atoms with Crippen LogP contribution in [0.2, 0.25) is 0 Å². The van der Waals surface area contributed by atoms with E-state index in [1.54, 1.807) is 37.2 Å². The molecule has 0 spiro atoms. The Morgan fingerprint density at radius 3 is 2.63 bits per heavy atom. The Morgan fingerprint density at radius 2 is 1.77 bits per heavy atom. The Bertz CT molecular complexity index is 1690. The van der Waals surface area contributed by atoms with Gasteiger partial charge in [0.1, 0.15) is 5.69 Å². The van der Waals surface area contributed by atoms with Gasteiger partial charge in [0.2, 0.25) is 5.91 Å². The molecule has 0 aliphatic heterocycles. The molecule has 0 saturated carbocycles. The molecule has 3 N–H and O–H groups in total. The van der Waals surface area contributed by atoms with Gasteiger partial charge in [-0.05, 0) is 36.4 Å². The van der Waals surface area contributed by atoms with Crippen LogP contribution < -0.4 is 5.32 Å². The van der Waals surface area contributed by atoms with Gasteiger partial charge < -0.3 is 10.3 Å². The molecule has 6 aromatic rings. The van der Waals surface area contributed by atoms with Gasteiger partial charge in [0.15, 0.2) is 0 Å². The Hall–Kier alpha value is -4.92. The number of nitrogens with zero attached hydrogens (tertiary/aromatic N) is 5. The third-order valence-electron chi connectivity index (χ3n) is 5.82. The molecule has 0 atom stereocenters. The number of aromatic nitrogens is 7. The molecule has 9 heteroatoms. The molecule has 1 amide bonds. The fourth-order valence-corrected chi connectivity index (χ4v) is 4.09. The lowest BCUT2D eigenvalue weighted by atomic mass is 10.1. The molecule has 35 heavy (non-hydrogen) atoms. The highest BCUT2D eigenvalue weighted by Crippen LogP contribution is 2.33. The molecule has 170 valence electrons. The van der Waals surface area contributed by atoms with Crippen LogP contribution in [0.1, 0.15) is 13.3 Å². The van der Waals surface area contributed by atoms with E-state index in [4.69, 9.17) is 0 Å². The smallest absolute Gasteiger partial charge is 0.224 e. The molecule has 0 bridgehead atoms. The topological polar surface area (TPSA) is 125 Å². The minimum atomic E-state index is -0.0663. The van der Waals surface area contributed by atoms with Crippen molar-refractivity contribution < 1.29 is 4.79 Å². The Kier molecular flexibility index (Phi) is 4.99. The van der Waals surface area contributed by atoms with Crippen LogP contribution in [-0.4, -0.2) is 41.0 Å². The third-order valence-corrected chi connectivity index (χ3v) is 5.82. The molecule has 6 heterocycles. The number of amides is 1. The lowest BCUT2D eigenvalue weighted by molar-refractivity contribution is -0.115. The van der Waals surface area contributed by atoms with Crippen LogP contribution in [-0.2, 0) is 4.79 Å². The van der Waals surface area contributed by atoms with E-state index >= 15 is 0 Å². The molecule has 0 radical (unpaired) electrons. The maximum Gasteiger partial charge on any atom is 0.224 e. The number of hydrogen-bond donors (Lipinski definition) is 3. The van der Waals surface area contributed by atoms with Crippen molar-refractivity contribution in [1.82, 2.24) is 35.1 Å². The average Bonchev–Trinajstić information content (AvgIpc) is 3.53. The van der Waals surface area contributed by atoms with Gasteiger partial charge in [-0.2, -0.15) is 5.10 Å². The predicted octanol–water partition coefficient (Wildman–Crippen LogP) is 4.97. The molecule has 0 aromatic carbocycles. The second-order valence-electron chi connectivity index (χ2n) is 8.10. The van der Waals surface area contributed by atoms with Gasteiger partial charge in [-0.15, -0.1) is 0 Å². The lowest BCUT2D eigenvalue weighted by Crippen LogP contribution is -2.09. The molecule has 0 unspecified atom stereocenters. The summed E-state index contributed by atoms with van der Waals surface area (Å²) in [6, 6.07) is 11.7. The first-order valence-electron chi connectivity index (χ1n) is 11.2. The normalized spacial score (nSPS) is 11.2. The lowest BCUT2D eigenvalue weighted by Gasteiger charge is -2.06. The van der Waals surface area contributed by atoms with E-state index in [9.17, 15) is 4.79 Å². The van der Waals surface area contributed by atoms with Crippen LogP contribution in [0.25, 0.3) is 55.7 Å². The van der Waals surface area contributed by atoms with Crippen molar-refractivity contribution in [1.29, 1.82) is 0 Å². The Morgan fingerprint density at radius 1 is 0.886 bits per heavy atom. The summed E-state index contributed by atoms with van der Waals surface area (Å²) in [4.78, 5) is 32.9. The summed E-state index contributed by atoms with van der Waals surface area (Å²) in [5, 5.41) is 12.4. The van der Waals surface area contributed by atoms with Crippen LogP contribution in [0.3, 0.4) is 0 Å². The monoisotopic (exact) mass is 460 g/mol. The minimum absolute atomic E-state index is 0.0663. The van der Waals surface area contributed by atoms with E-state index < -0.39 is 0 Å². The fourth-order valence-electron chi connectivity index (χ4n) is 4.09. The van der Waals surface area contributed by atoms with E-state index in [-0.39, 0.29) is 5.91 Å². The number of nitrogens with one attached hydrogen (secondary N) is 3. The predicted molar refractivity (Wildman–Crippen MR) is 134 cm³/mol. The number of carbonyl (C=O) groups is 1. The largest absolute Gasteiger partial charge is 0.353 e. The maximum absolute atomic E-state index is 11.8. The molecule has 0 fully saturated rings. The first-order chi connectivity index (χ1) is 17.2. The standard InChI is InChI=1S/C26H20N8O/c1-2-24(35)31-17-8-16(12-28-13-17)21-9-19-23(14-30-21)33-34-26(19)22-10-18-20(32-22)5-7-29-25(18)15-4-3-6-27-11-15/h3-14,32H,2H2,1H3,(H,31,35)(H,33,34). The second-order valence-corrected chi connectivity index (χ2v) is 8.10. The van der Waals surface area contributed by atoms with Gasteiger partial charge in [0, 0.05) is 58.6 Å². The van der Waals surface area contributed by atoms with Gasteiger partial charge >= 0.3 is 0 Å². The van der Waals surface area contributed by atoms with Crippen molar-refractivity contribution in [2.45, 2.75) is 13.3 Å². The summed E-state index contributed by atoms with van der Waals surface area (Å²) in [6.07, 6.45) is 10.8. The van der Waals surface area contributed by atoms with Gasteiger partial charge in [-0.25, -0.2) is 0 Å². The molecular weight excluding hydrogens is 440 g/mol. The Balaban J connectivity index is 1.43. The van der Waals surface area contributed by atoms with E-state index in [2.05, 4.69) is 46.5 Å². The van der Waals surface area contributed by atoms with Crippen molar-refractivity contribution in [2.24, 2.45) is 0 Å². The average molecular weight is 461 g/mol. The van der Waals surface area contributed by atoms with Crippen molar-refractivity contribution in [3.8, 4) is 33.9 Å². The molecule has 6 rings (SSSR count). The zero-order valence-corrected chi connectivity index (χ0v) is 18.8. The molecular formula is C26H20N8O. The summed E-state index contributed by atoms with van der Waals surface area (Å²) in [5.41, 5.74) is 7.39. The number of anilines is 1. The maximum atomic E-state index is 11.8. The van der Waals surface area contributed by atoms with Crippen LogP contribution >= 0.6 is 0 Å². The number of carbonyl (C=O) groups excluding carboxylic acids is 1. The zero-order valence-electron chi connectivity index (χ0n) is 18.8. The van der Waals surface area contributed by atoms with Crippen molar-refractivity contribution in [3.63, 3.8) is 0 Å². The first kappa shape index (κ1) is 20.7. The highest BCUT2D eigenvalue weighted by molar-refractivity contribution is 6.00. The molecule has 9 nitrogen and oxygen atoms in total. The van der Waals surface area contributed by atoms with Gasteiger partial charge in [-0.1, -0.05) is 6.92 Å². The quantitative estimate of drug-likeness (QED) is 0.333. The van der Waals surface area contributed by atoms with E-state index in [0.29, 0.717) is 12.1 Å². The number of hydrogen-bond acceptors (Lipinski definition) is 6. The summed E-state index contributed by atoms with van der Waals surface area (Å²) < 4.78 is 0. The highest BCUT2D eigenvalue weighted by Gasteiger charge is 2.15. The Labute approximate surface area is 199 Å². The fraction of sp³-hybridized carbons (Fsp3) is 0.0769. The van der Waals surface area contributed by atoms with E-state index in [0.717, 1.165) is 55.7 Å². The molecule has 0 aliphatic carbocycles. The van der Waals surface area contributed by atoms with E-state index in [1.165, 1.54) is 0 Å². The summed E-state index contributed by atoms with van der Waals surface area (Å²) >= 11 is 0. The van der Waals surface area contributed by atoms with Crippen LogP contribution in [0.4, 0.5) is 5.69 Å². The summed E-state index contributed by atoms with van der Waals surface area (Å²) in [5.74, 6) is -0.0663. The highest BCUT2D eigenvalue weighted by atomic mass is 16.1. The summed E-state index contributed by atoms with van der Waals surface area (Å²) in [6.45, 7) is 1.81. The zero-order chi connectivity index (χ0) is 23.8. The number of fused-ring (bicyclic) bond motifs is 2. The third kappa shape index (κ3) is 3.78. The first-order valence-corrected chi connectivity index (χ1v) is 11.2. The van der Waals surface area contributed by atoms with E-state index in [1.807, 2.05) is 37.3 Å². The second kappa shape index (κ2) is 8.45. The summed E-state index contributed by atoms with van der Waals surface area (Å²) in [7, 11) is 0. The molecule has 0 aliphatic rings. The van der Waals surface area contributed by atoms with Crippen LogP contribution in [0.15, 0.2) is 73.6 Å². The molecule has 6 aromatic heterocycles. The van der Waals surface area contributed by atoms with Crippen LogP contribution in [0, 0.1) is 0 Å². The minimum Gasteiger partial charge on any atom is -0.353 e. The van der Waals surface area contributed by atoms with Gasteiger partial charge in [0.05, 0.1) is 40.7 Å². The van der Waals surface area contributed by atoms with Gasteiger partial charge in [0.25, 0.3) is 0 Å². The number of aromatic amines is 2. The SMILES string of the molecule is CCC(=O)Nc1cncc(-c2cc3c(-c4cc5c(-c6cccnc6)nccc5[nH]4)n[nH]c3cn2)c1. The van der Waals surface area contributed by atoms with Gasteiger partial charge in [-0.3, -0.25) is 29.8 Å². The number of rotatable bonds is 5. The number of pyridine rings is 4.